The number of carboxylic acid groups (broad SMARTS) is 2. The maximum absolute atomic E-state index is 12.7. The normalized spacial score (nSPS) is 12.6. The number of hydrogen-bond donors (Lipinski definition) is 3. The van der Waals surface area contributed by atoms with Crippen molar-refractivity contribution in [3.05, 3.63) is 69.9 Å². The molecule has 0 spiro atoms. The summed E-state index contributed by atoms with van der Waals surface area (Å²) in [5.74, 6) is -0.447. The minimum Gasteiger partial charge on any atom is -0.494 e. The molecule has 1 aliphatic carbocycles. The monoisotopic (exact) mass is 593 g/mol. The molecule has 1 saturated carbocycles. The Morgan fingerprint density at radius 2 is 1.62 bits per heavy atom. The van der Waals surface area contributed by atoms with E-state index in [0.717, 1.165) is 67.2 Å². The van der Waals surface area contributed by atoms with E-state index in [1.807, 2.05) is 47.8 Å². The Labute approximate surface area is 250 Å². The number of carbonyl (C=O) groups excluding carboxylic acids is 1. The van der Waals surface area contributed by atoms with Crippen LogP contribution in [0.15, 0.2) is 53.2 Å². The molecule has 1 aliphatic rings. The highest BCUT2D eigenvalue weighted by molar-refractivity contribution is 7.08. The maximum Gasteiger partial charge on any atom is 0.303 e. The van der Waals surface area contributed by atoms with Gasteiger partial charge in [-0.3, -0.25) is 14.4 Å². The molecule has 2 aromatic carbocycles. The van der Waals surface area contributed by atoms with Crippen molar-refractivity contribution in [2.75, 3.05) is 13.2 Å². The highest BCUT2D eigenvalue weighted by Crippen LogP contribution is 2.29. The van der Waals surface area contributed by atoms with Crippen molar-refractivity contribution in [3.8, 4) is 22.6 Å². The van der Waals surface area contributed by atoms with E-state index in [1.54, 1.807) is 11.3 Å². The molecular weight excluding hydrogens is 554 g/mol. The molecule has 0 bridgehead atoms. The maximum atomic E-state index is 12.7. The van der Waals surface area contributed by atoms with Gasteiger partial charge in [-0.05, 0) is 108 Å². The van der Waals surface area contributed by atoms with Gasteiger partial charge in [0.15, 0.2) is 0 Å². The van der Waals surface area contributed by atoms with Crippen LogP contribution in [0.4, 0.5) is 0 Å². The molecule has 42 heavy (non-hydrogen) atoms. The van der Waals surface area contributed by atoms with E-state index in [1.165, 1.54) is 0 Å². The molecule has 0 radical (unpaired) electrons. The number of thiophene rings is 1. The predicted octanol–water partition coefficient (Wildman–Crippen LogP) is 6.75. The van der Waals surface area contributed by atoms with E-state index < -0.39 is 11.9 Å². The lowest BCUT2D eigenvalue weighted by molar-refractivity contribution is -0.138. The molecule has 0 atom stereocenters. The van der Waals surface area contributed by atoms with Crippen molar-refractivity contribution >= 4 is 29.2 Å². The molecular formula is C33H39NO7S. The number of amides is 1. The van der Waals surface area contributed by atoms with E-state index in [-0.39, 0.29) is 25.4 Å². The van der Waals surface area contributed by atoms with Crippen LogP contribution in [0, 0.1) is 0 Å². The number of ether oxygens (including phenoxy) is 2. The number of aryl methyl sites for hydroxylation is 1. The first kappa shape index (κ1) is 31.1. The third-order valence-corrected chi connectivity index (χ3v) is 7.84. The average molecular weight is 594 g/mol. The Morgan fingerprint density at radius 3 is 2.36 bits per heavy atom. The lowest BCUT2D eigenvalue weighted by Gasteiger charge is -2.15. The fourth-order valence-electron chi connectivity index (χ4n) is 4.77. The fraction of sp³-hybridized carbons (Fsp3) is 0.424. The summed E-state index contributed by atoms with van der Waals surface area (Å²) in [6.45, 7) is 0.832. The molecule has 0 aliphatic heterocycles. The first-order valence-electron chi connectivity index (χ1n) is 14.7. The Kier molecular flexibility index (Phi) is 11.8. The molecule has 1 fully saturated rings. The van der Waals surface area contributed by atoms with Gasteiger partial charge >= 0.3 is 11.9 Å². The van der Waals surface area contributed by atoms with Crippen LogP contribution >= 0.6 is 11.3 Å². The Hall–Kier alpha value is -3.85. The van der Waals surface area contributed by atoms with Crippen molar-refractivity contribution in [1.82, 2.24) is 5.32 Å². The largest absolute Gasteiger partial charge is 0.494 e. The van der Waals surface area contributed by atoms with Crippen LogP contribution in [0.3, 0.4) is 0 Å². The van der Waals surface area contributed by atoms with Crippen molar-refractivity contribution in [2.24, 2.45) is 0 Å². The lowest BCUT2D eigenvalue weighted by atomic mass is 9.97. The molecule has 0 unspecified atom stereocenters. The van der Waals surface area contributed by atoms with Crippen molar-refractivity contribution in [1.29, 1.82) is 0 Å². The van der Waals surface area contributed by atoms with E-state index in [2.05, 4.69) is 10.7 Å². The molecule has 0 saturated heterocycles. The zero-order valence-electron chi connectivity index (χ0n) is 23.8. The Morgan fingerprint density at radius 1 is 0.833 bits per heavy atom. The summed E-state index contributed by atoms with van der Waals surface area (Å²) < 4.78 is 11.9. The van der Waals surface area contributed by atoms with Crippen LogP contribution in [0.5, 0.6) is 11.5 Å². The summed E-state index contributed by atoms with van der Waals surface area (Å²) in [6.07, 6.45) is 7.50. The lowest BCUT2D eigenvalue weighted by Crippen LogP contribution is -2.25. The average Bonchev–Trinajstić information content (AvgIpc) is 3.61. The van der Waals surface area contributed by atoms with E-state index >= 15 is 0 Å². The number of hydrogen-bond acceptors (Lipinski definition) is 6. The van der Waals surface area contributed by atoms with E-state index in [9.17, 15) is 19.5 Å². The SMILES string of the molecule is O=C(O)CCCOc1cccc(CCCCCCOc2cc(C(=O)NC3CC3)cc(-c3ccsc3)c2)c1CCC(=O)O. The second-order valence-corrected chi connectivity index (χ2v) is 11.4. The number of carbonyl (C=O) groups is 3. The molecule has 3 aromatic rings. The van der Waals surface area contributed by atoms with Crippen LogP contribution in [0.2, 0.25) is 0 Å². The Balaban J connectivity index is 1.26. The van der Waals surface area contributed by atoms with Crippen LogP contribution < -0.4 is 14.8 Å². The van der Waals surface area contributed by atoms with Crippen LogP contribution in [-0.4, -0.2) is 47.3 Å². The van der Waals surface area contributed by atoms with Crippen molar-refractivity contribution < 1.29 is 34.1 Å². The minimum absolute atomic E-state index is 0.0113. The second-order valence-electron chi connectivity index (χ2n) is 10.7. The van der Waals surface area contributed by atoms with Crippen LogP contribution in [0.1, 0.15) is 79.3 Å². The molecule has 3 N–H and O–H groups in total. The van der Waals surface area contributed by atoms with Gasteiger partial charge in [0.05, 0.1) is 13.2 Å². The zero-order valence-corrected chi connectivity index (χ0v) is 24.6. The third kappa shape index (κ3) is 10.2. The van der Waals surface area contributed by atoms with Gasteiger partial charge in [0.25, 0.3) is 5.91 Å². The number of rotatable bonds is 19. The Bertz CT molecular complexity index is 1330. The van der Waals surface area contributed by atoms with Crippen LogP contribution in [0.25, 0.3) is 11.1 Å². The van der Waals surface area contributed by atoms with Crippen LogP contribution in [-0.2, 0) is 22.4 Å². The van der Waals surface area contributed by atoms with Crippen molar-refractivity contribution in [2.45, 2.75) is 76.7 Å². The minimum atomic E-state index is -0.864. The van der Waals surface area contributed by atoms with Gasteiger partial charge in [-0.15, -0.1) is 0 Å². The summed E-state index contributed by atoms with van der Waals surface area (Å²) in [6, 6.07) is 13.8. The topological polar surface area (TPSA) is 122 Å². The van der Waals surface area contributed by atoms with Gasteiger partial charge in [0, 0.05) is 24.4 Å². The summed E-state index contributed by atoms with van der Waals surface area (Å²) in [4.78, 5) is 34.7. The summed E-state index contributed by atoms with van der Waals surface area (Å²) >= 11 is 1.62. The third-order valence-electron chi connectivity index (χ3n) is 7.16. The van der Waals surface area contributed by atoms with Gasteiger partial charge in [-0.2, -0.15) is 11.3 Å². The smallest absolute Gasteiger partial charge is 0.303 e. The van der Waals surface area contributed by atoms with Gasteiger partial charge < -0.3 is 25.0 Å². The van der Waals surface area contributed by atoms with Gasteiger partial charge in [-0.1, -0.05) is 25.0 Å². The first-order valence-corrected chi connectivity index (χ1v) is 15.6. The van der Waals surface area contributed by atoms with Gasteiger partial charge in [0.2, 0.25) is 0 Å². The van der Waals surface area contributed by atoms with Crippen molar-refractivity contribution in [3.63, 3.8) is 0 Å². The molecule has 4 rings (SSSR count). The number of carboxylic acids is 2. The van der Waals surface area contributed by atoms with Gasteiger partial charge in [-0.25, -0.2) is 0 Å². The highest BCUT2D eigenvalue weighted by Gasteiger charge is 2.24. The predicted molar refractivity (Wildman–Crippen MR) is 163 cm³/mol. The fourth-order valence-corrected chi connectivity index (χ4v) is 5.43. The summed E-state index contributed by atoms with van der Waals surface area (Å²) in [7, 11) is 0. The van der Waals surface area contributed by atoms with E-state index in [0.29, 0.717) is 42.6 Å². The van der Waals surface area contributed by atoms with Gasteiger partial charge in [0.1, 0.15) is 11.5 Å². The zero-order chi connectivity index (χ0) is 29.7. The highest BCUT2D eigenvalue weighted by atomic mass is 32.1. The number of unbranched alkanes of at least 4 members (excludes halogenated alkanes) is 3. The molecule has 8 nitrogen and oxygen atoms in total. The molecule has 1 aromatic heterocycles. The standard InChI is InChI=1S/C33H39NO7S/c35-31(36)10-6-17-41-30-9-5-8-23(29(30)13-14-32(37)38)7-3-1-2-4-16-40-28-20-25(24-15-18-42-22-24)19-26(21-28)33(39)34-27-11-12-27/h5,8-9,15,18-22,27H,1-4,6-7,10-14,16-17H2,(H,34,39)(H,35,36)(H,37,38). The number of aliphatic carboxylic acids is 2. The molecule has 9 heteroatoms. The van der Waals surface area contributed by atoms with E-state index in [4.69, 9.17) is 14.6 Å². The second kappa shape index (κ2) is 16.0. The molecule has 1 amide bonds. The number of nitrogens with one attached hydrogen (secondary N) is 1. The number of benzene rings is 2. The molecule has 1 heterocycles. The summed E-state index contributed by atoms with van der Waals surface area (Å²) in [5.41, 5.74) is 4.63. The first-order chi connectivity index (χ1) is 20.4. The molecule has 224 valence electrons. The summed E-state index contributed by atoms with van der Waals surface area (Å²) in [5, 5.41) is 25.2. The quantitative estimate of drug-likeness (QED) is 0.131.